The molecule has 1 N–H and O–H groups in total. The summed E-state index contributed by atoms with van der Waals surface area (Å²) in [6, 6.07) is 15.1. The molecule has 0 spiro atoms. The SMILES string of the molecule is COc1cc2ccccc2cc1C(=O)N/N=C\c1ccc(N2CCOCC2)o1. The van der Waals surface area contributed by atoms with Crippen LogP contribution >= 0.6 is 0 Å². The third-order valence-corrected chi connectivity index (χ3v) is 4.61. The highest BCUT2D eigenvalue weighted by Gasteiger charge is 2.15. The number of benzene rings is 2. The molecule has 0 radical (unpaired) electrons. The Morgan fingerprint density at radius 2 is 1.89 bits per heavy atom. The number of anilines is 1. The summed E-state index contributed by atoms with van der Waals surface area (Å²) in [5.74, 6) is 1.48. The Kier molecular flexibility index (Phi) is 5.25. The van der Waals surface area contributed by atoms with E-state index in [0.717, 1.165) is 29.7 Å². The Bertz CT molecular complexity index is 1010. The van der Waals surface area contributed by atoms with Crippen LogP contribution in [0.3, 0.4) is 0 Å². The van der Waals surface area contributed by atoms with Gasteiger partial charge in [-0.3, -0.25) is 4.79 Å². The summed E-state index contributed by atoms with van der Waals surface area (Å²) in [5.41, 5.74) is 2.96. The Hall–Kier alpha value is -3.32. The molecule has 0 atom stereocenters. The number of morpholine rings is 1. The number of nitrogens with zero attached hydrogens (tertiary/aromatic N) is 2. The standard InChI is InChI=1S/C21H21N3O4/c1-26-19-13-16-5-3-2-4-15(16)12-18(19)21(25)23-22-14-17-6-7-20(28-17)24-8-10-27-11-9-24/h2-7,12-14H,8-11H2,1H3,(H,23,25)/b22-14-. The fourth-order valence-corrected chi connectivity index (χ4v) is 3.15. The van der Waals surface area contributed by atoms with Gasteiger partial charge in [0.1, 0.15) is 11.5 Å². The van der Waals surface area contributed by atoms with E-state index in [4.69, 9.17) is 13.9 Å². The largest absolute Gasteiger partial charge is 0.496 e. The van der Waals surface area contributed by atoms with Crippen LogP contribution in [0, 0.1) is 0 Å². The Morgan fingerprint density at radius 3 is 2.64 bits per heavy atom. The van der Waals surface area contributed by atoms with Gasteiger partial charge in [0.15, 0.2) is 5.88 Å². The van der Waals surface area contributed by atoms with Crippen molar-refractivity contribution in [3.05, 3.63) is 59.9 Å². The van der Waals surface area contributed by atoms with Crippen molar-refractivity contribution in [2.75, 3.05) is 38.3 Å². The Balaban J connectivity index is 1.45. The number of furan rings is 1. The van der Waals surface area contributed by atoms with E-state index in [2.05, 4.69) is 15.4 Å². The van der Waals surface area contributed by atoms with Crippen LogP contribution in [0.25, 0.3) is 10.8 Å². The van der Waals surface area contributed by atoms with E-state index >= 15 is 0 Å². The van der Waals surface area contributed by atoms with E-state index in [1.807, 2.05) is 42.5 Å². The van der Waals surface area contributed by atoms with E-state index in [1.54, 1.807) is 13.2 Å². The van der Waals surface area contributed by atoms with Crippen LogP contribution in [-0.4, -0.2) is 45.5 Å². The van der Waals surface area contributed by atoms with Crippen LogP contribution in [0.4, 0.5) is 5.88 Å². The van der Waals surface area contributed by atoms with Crippen molar-refractivity contribution in [1.29, 1.82) is 0 Å². The fourth-order valence-electron chi connectivity index (χ4n) is 3.15. The highest BCUT2D eigenvalue weighted by Crippen LogP contribution is 2.26. The number of methoxy groups -OCH3 is 1. The first-order valence-electron chi connectivity index (χ1n) is 9.07. The number of hydrazone groups is 1. The van der Waals surface area contributed by atoms with Crippen molar-refractivity contribution in [1.82, 2.24) is 5.43 Å². The predicted molar refractivity (Wildman–Crippen MR) is 107 cm³/mol. The molecule has 7 heteroatoms. The number of rotatable bonds is 5. The van der Waals surface area contributed by atoms with Gasteiger partial charge in [0.2, 0.25) is 0 Å². The Labute approximate surface area is 162 Å². The molecular formula is C21H21N3O4. The van der Waals surface area contributed by atoms with Gasteiger partial charge in [0.05, 0.1) is 32.1 Å². The first kappa shape index (κ1) is 18.1. The molecule has 0 aliphatic carbocycles. The third-order valence-electron chi connectivity index (χ3n) is 4.61. The molecule has 1 amide bonds. The number of carbonyl (C=O) groups is 1. The van der Waals surface area contributed by atoms with Crippen molar-refractivity contribution < 1.29 is 18.7 Å². The average molecular weight is 379 g/mol. The van der Waals surface area contributed by atoms with Crippen LogP contribution in [0.1, 0.15) is 16.1 Å². The lowest BCUT2D eigenvalue weighted by atomic mass is 10.1. The molecule has 1 aliphatic heterocycles. The van der Waals surface area contributed by atoms with Gasteiger partial charge in [-0.2, -0.15) is 5.10 Å². The van der Waals surface area contributed by atoms with Crippen LogP contribution in [0.5, 0.6) is 5.75 Å². The van der Waals surface area contributed by atoms with E-state index < -0.39 is 0 Å². The second kappa shape index (κ2) is 8.14. The molecule has 0 unspecified atom stereocenters. The molecule has 1 saturated heterocycles. The van der Waals surface area contributed by atoms with Gasteiger partial charge in [0.25, 0.3) is 5.91 Å². The topological polar surface area (TPSA) is 76.3 Å². The number of carbonyl (C=O) groups excluding carboxylic acids is 1. The summed E-state index contributed by atoms with van der Waals surface area (Å²) in [4.78, 5) is 14.7. The van der Waals surface area contributed by atoms with E-state index in [0.29, 0.717) is 30.3 Å². The van der Waals surface area contributed by atoms with Crippen molar-refractivity contribution in [2.45, 2.75) is 0 Å². The molecule has 3 aromatic rings. The molecule has 0 bridgehead atoms. The van der Waals surface area contributed by atoms with Crippen molar-refractivity contribution in [3.8, 4) is 5.75 Å². The molecule has 2 heterocycles. The van der Waals surface area contributed by atoms with Crippen molar-refractivity contribution >= 4 is 28.8 Å². The highest BCUT2D eigenvalue weighted by atomic mass is 16.5. The summed E-state index contributed by atoms with van der Waals surface area (Å²) < 4.78 is 16.5. The molecule has 2 aromatic carbocycles. The normalized spacial score (nSPS) is 14.5. The van der Waals surface area contributed by atoms with Gasteiger partial charge in [-0.25, -0.2) is 5.43 Å². The summed E-state index contributed by atoms with van der Waals surface area (Å²) in [6.45, 7) is 2.97. The summed E-state index contributed by atoms with van der Waals surface area (Å²) >= 11 is 0. The van der Waals surface area contributed by atoms with E-state index in [9.17, 15) is 4.79 Å². The predicted octanol–water partition coefficient (Wildman–Crippen LogP) is 3.04. The van der Waals surface area contributed by atoms with Crippen LogP contribution in [0.2, 0.25) is 0 Å². The number of amides is 1. The number of fused-ring (bicyclic) bond motifs is 1. The summed E-state index contributed by atoms with van der Waals surface area (Å²) in [6.07, 6.45) is 1.48. The van der Waals surface area contributed by atoms with Gasteiger partial charge in [0, 0.05) is 19.2 Å². The van der Waals surface area contributed by atoms with Gasteiger partial charge in [-0.05, 0) is 29.0 Å². The first-order valence-corrected chi connectivity index (χ1v) is 9.07. The molecule has 144 valence electrons. The smallest absolute Gasteiger partial charge is 0.275 e. The lowest BCUT2D eigenvalue weighted by Gasteiger charge is -2.26. The zero-order chi connectivity index (χ0) is 19.3. The maximum Gasteiger partial charge on any atom is 0.275 e. The molecule has 7 nitrogen and oxygen atoms in total. The number of hydrogen-bond donors (Lipinski definition) is 1. The number of hydrogen-bond acceptors (Lipinski definition) is 6. The monoisotopic (exact) mass is 379 g/mol. The average Bonchev–Trinajstić information content (AvgIpc) is 3.22. The first-order chi connectivity index (χ1) is 13.7. The van der Waals surface area contributed by atoms with Gasteiger partial charge in [-0.1, -0.05) is 24.3 Å². The van der Waals surface area contributed by atoms with Crippen molar-refractivity contribution in [2.24, 2.45) is 5.10 Å². The minimum absolute atomic E-state index is 0.348. The second-order valence-corrected chi connectivity index (χ2v) is 6.37. The van der Waals surface area contributed by atoms with Crippen LogP contribution in [-0.2, 0) is 4.74 Å². The second-order valence-electron chi connectivity index (χ2n) is 6.37. The van der Waals surface area contributed by atoms with Gasteiger partial charge >= 0.3 is 0 Å². The van der Waals surface area contributed by atoms with E-state index in [-0.39, 0.29) is 5.91 Å². The van der Waals surface area contributed by atoms with Crippen LogP contribution < -0.4 is 15.1 Å². The van der Waals surface area contributed by atoms with E-state index in [1.165, 1.54) is 6.21 Å². The quantitative estimate of drug-likeness (QED) is 0.545. The van der Waals surface area contributed by atoms with Crippen molar-refractivity contribution in [3.63, 3.8) is 0 Å². The summed E-state index contributed by atoms with van der Waals surface area (Å²) in [5, 5.41) is 5.98. The minimum atomic E-state index is -0.348. The number of nitrogens with one attached hydrogen (secondary N) is 1. The zero-order valence-corrected chi connectivity index (χ0v) is 15.6. The Morgan fingerprint density at radius 1 is 1.14 bits per heavy atom. The molecule has 0 saturated carbocycles. The lowest BCUT2D eigenvalue weighted by molar-refractivity contribution is 0.0952. The maximum absolute atomic E-state index is 12.6. The zero-order valence-electron chi connectivity index (χ0n) is 15.6. The molecular weight excluding hydrogens is 358 g/mol. The van der Waals surface area contributed by atoms with Gasteiger partial charge < -0.3 is 18.8 Å². The maximum atomic E-state index is 12.6. The molecule has 28 heavy (non-hydrogen) atoms. The summed E-state index contributed by atoms with van der Waals surface area (Å²) in [7, 11) is 1.54. The fraction of sp³-hybridized carbons (Fsp3) is 0.238. The molecule has 1 fully saturated rings. The molecule has 1 aromatic heterocycles. The van der Waals surface area contributed by atoms with Crippen LogP contribution in [0.15, 0.2) is 58.0 Å². The lowest BCUT2D eigenvalue weighted by Crippen LogP contribution is -2.35. The number of ether oxygens (including phenoxy) is 2. The van der Waals surface area contributed by atoms with Gasteiger partial charge in [-0.15, -0.1) is 0 Å². The molecule has 1 aliphatic rings. The third kappa shape index (κ3) is 3.84. The molecule has 4 rings (SSSR count). The minimum Gasteiger partial charge on any atom is -0.496 e. The highest BCUT2D eigenvalue weighted by molar-refractivity contribution is 6.01.